The standard InChI is InChI=1S/C13H21N3O/c1-7(2)10-8(3)15-13(16-12(10)14)11(17-4)9-5-6-9/h7,9,11H,5-6H2,1-4H3,(H2,14,15,16). The Morgan fingerprint density at radius 1 is 1.29 bits per heavy atom. The van der Waals surface area contributed by atoms with Crippen LogP contribution in [-0.2, 0) is 4.74 Å². The van der Waals surface area contributed by atoms with Crippen LogP contribution in [0.3, 0.4) is 0 Å². The molecule has 1 aromatic heterocycles. The van der Waals surface area contributed by atoms with Crippen molar-refractivity contribution in [1.82, 2.24) is 9.97 Å². The molecular formula is C13H21N3O. The van der Waals surface area contributed by atoms with Crippen molar-refractivity contribution in [3.05, 3.63) is 17.1 Å². The number of anilines is 1. The van der Waals surface area contributed by atoms with Crippen molar-refractivity contribution in [2.24, 2.45) is 5.92 Å². The smallest absolute Gasteiger partial charge is 0.160 e. The topological polar surface area (TPSA) is 61.0 Å². The largest absolute Gasteiger partial charge is 0.383 e. The third kappa shape index (κ3) is 2.41. The molecule has 0 aromatic carbocycles. The van der Waals surface area contributed by atoms with Gasteiger partial charge in [-0.25, -0.2) is 9.97 Å². The Kier molecular flexibility index (Phi) is 3.33. The average Bonchev–Trinajstić information content (AvgIpc) is 3.01. The van der Waals surface area contributed by atoms with Crippen LogP contribution in [0.5, 0.6) is 0 Å². The van der Waals surface area contributed by atoms with Crippen LogP contribution >= 0.6 is 0 Å². The Balaban J connectivity index is 2.36. The highest BCUT2D eigenvalue weighted by Crippen LogP contribution is 2.42. The van der Waals surface area contributed by atoms with Crippen molar-refractivity contribution in [2.75, 3.05) is 12.8 Å². The summed E-state index contributed by atoms with van der Waals surface area (Å²) in [6.45, 7) is 6.21. The minimum atomic E-state index is 0.0113. The number of hydrogen-bond acceptors (Lipinski definition) is 4. The maximum absolute atomic E-state index is 6.03. The van der Waals surface area contributed by atoms with Crippen molar-refractivity contribution in [3.8, 4) is 0 Å². The van der Waals surface area contributed by atoms with Crippen LogP contribution in [0.1, 0.15) is 55.8 Å². The second-order valence-electron chi connectivity index (χ2n) is 5.11. The Labute approximate surface area is 103 Å². The van der Waals surface area contributed by atoms with Gasteiger partial charge in [0.25, 0.3) is 0 Å². The fourth-order valence-corrected chi connectivity index (χ4v) is 2.37. The van der Waals surface area contributed by atoms with E-state index >= 15 is 0 Å². The predicted octanol–water partition coefficient (Wildman–Crippen LogP) is 2.59. The normalized spacial score (nSPS) is 17.5. The van der Waals surface area contributed by atoms with Gasteiger partial charge >= 0.3 is 0 Å². The van der Waals surface area contributed by atoms with Crippen LogP contribution in [0.25, 0.3) is 0 Å². The zero-order chi connectivity index (χ0) is 12.6. The molecule has 0 radical (unpaired) electrons. The summed E-state index contributed by atoms with van der Waals surface area (Å²) in [4.78, 5) is 9.00. The molecule has 0 bridgehead atoms. The molecule has 4 nitrogen and oxygen atoms in total. The van der Waals surface area contributed by atoms with Crippen molar-refractivity contribution in [3.63, 3.8) is 0 Å². The lowest BCUT2D eigenvalue weighted by molar-refractivity contribution is 0.0771. The molecule has 1 aliphatic carbocycles. The van der Waals surface area contributed by atoms with E-state index in [0.29, 0.717) is 17.7 Å². The molecular weight excluding hydrogens is 214 g/mol. The van der Waals surface area contributed by atoms with Crippen LogP contribution < -0.4 is 5.73 Å². The lowest BCUT2D eigenvalue weighted by Gasteiger charge is -2.17. The molecule has 1 aliphatic rings. The monoisotopic (exact) mass is 235 g/mol. The number of aryl methyl sites for hydroxylation is 1. The van der Waals surface area contributed by atoms with Gasteiger partial charge in [-0.15, -0.1) is 0 Å². The summed E-state index contributed by atoms with van der Waals surface area (Å²) in [5, 5.41) is 0. The van der Waals surface area contributed by atoms with Gasteiger partial charge in [0.1, 0.15) is 11.9 Å². The molecule has 1 atom stereocenters. The molecule has 17 heavy (non-hydrogen) atoms. The van der Waals surface area contributed by atoms with Gasteiger partial charge in [-0.05, 0) is 31.6 Å². The van der Waals surface area contributed by atoms with Gasteiger partial charge in [0.15, 0.2) is 5.82 Å². The summed E-state index contributed by atoms with van der Waals surface area (Å²) in [6, 6.07) is 0. The second kappa shape index (κ2) is 4.61. The van der Waals surface area contributed by atoms with Gasteiger partial charge in [0, 0.05) is 18.4 Å². The third-order valence-electron chi connectivity index (χ3n) is 3.32. The molecule has 2 rings (SSSR count). The van der Waals surface area contributed by atoms with E-state index in [1.54, 1.807) is 7.11 Å². The fraction of sp³-hybridized carbons (Fsp3) is 0.692. The Morgan fingerprint density at radius 2 is 1.94 bits per heavy atom. The lowest BCUT2D eigenvalue weighted by atomic mass is 10.0. The van der Waals surface area contributed by atoms with E-state index in [0.717, 1.165) is 17.1 Å². The fourth-order valence-electron chi connectivity index (χ4n) is 2.37. The molecule has 0 amide bonds. The Bertz CT molecular complexity index is 390. The summed E-state index contributed by atoms with van der Waals surface area (Å²) >= 11 is 0. The summed E-state index contributed by atoms with van der Waals surface area (Å²) in [5.41, 5.74) is 8.06. The number of aromatic nitrogens is 2. The Hall–Kier alpha value is -1.16. The van der Waals surface area contributed by atoms with Crippen molar-refractivity contribution in [2.45, 2.75) is 45.6 Å². The maximum atomic E-state index is 6.03. The number of nitrogens with two attached hydrogens (primary N) is 1. The molecule has 0 saturated heterocycles. The number of nitrogen functional groups attached to an aromatic ring is 1. The highest BCUT2D eigenvalue weighted by molar-refractivity contribution is 5.44. The van der Waals surface area contributed by atoms with Crippen molar-refractivity contribution < 1.29 is 4.74 Å². The minimum Gasteiger partial charge on any atom is -0.383 e. The first-order valence-corrected chi connectivity index (χ1v) is 6.21. The van der Waals surface area contributed by atoms with Crippen LogP contribution in [0.4, 0.5) is 5.82 Å². The van der Waals surface area contributed by atoms with Gasteiger partial charge < -0.3 is 10.5 Å². The van der Waals surface area contributed by atoms with Crippen molar-refractivity contribution >= 4 is 5.82 Å². The van der Waals surface area contributed by atoms with E-state index in [1.807, 2.05) is 6.92 Å². The molecule has 2 N–H and O–H groups in total. The molecule has 1 aromatic rings. The molecule has 1 fully saturated rings. The van der Waals surface area contributed by atoms with Crippen LogP contribution in [0, 0.1) is 12.8 Å². The van der Waals surface area contributed by atoms with E-state index < -0.39 is 0 Å². The SMILES string of the molecule is COC(c1nc(C)c(C(C)C)c(N)n1)C1CC1. The number of methoxy groups -OCH3 is 1. The average molecular weight is 235 g/mol. The first-order chi connectivity index (χ1) is 8.04. The van der Waals surface area contributed by atoms with Crippen LogP contribution in [-0.4, -0.2) is 17.1 Å². The number of ether oxygens (including phenoxy) is 1. The molecule has 0 aliphatic heterocycles. The van der Waals surface area contributed by atoms with E-state index in [9.17, 15) is 0 Å². The number of rotatable bonds is 4. The summed E-state index contributed by atoms with van der Waals surface area (Å²) in [5.74, 6) is 2.27. The number of nitrogens with zero attached hydrogens (tertiary/aromatic N) is 2. The molecule has 1 saturated carbocycles. The van der Waals surface area contributed by atoms with Crippen LogP contribution in [0.2, 0.25) is 0 Å². The van der Waals surface area contributed by atoms with Gasteiger partial charge in [0.05, 0.1) is 0 Å². The van der Waals surface area contributed by atoms with E-state index in [2.05, 4.69) is 23.8 Å². The first-order valence-electron chi connectivity index (χ1n) is 6.21. The third-order valence-corrected chi connectivity index (χ3v) is 3.32. The highest BCUT2D eigenvalue weighted by atomic mass is 16.5. The molecule has 4 heteroatoms. The second-order valence-corrected chi connectivity index (χ2v) is 5.11. The summed E-state index contributed by atoms with van der Waals surface area (Å²) in [6.07, 6.45) is 2.41. The van der Waals surface area contributed by atoms with E-state index in [4.69, 9.17) is 10.5 Å². The van der Waals surface area contributed by atoms with Gasteiger partial charge in [-0.3, -0.25) is 0 Å². The molecule has 0 spiro atoms. The van der Waals surface area contributed by atoms with Gasteiger partial charge in [0.2, 0.25) is 0 Å². The lowest BCUT2D eigenvalue weighted by Crippen LogP contribution is -2.14. The highest BCUT2D eigenvalue weighted by Gasteiger charge is 2.35. The maximum Gasteiger partial charge on any atom is 0.160 e. The predicted molar refractivity (Wildman–Crippen MR) is 67.7 cm³/mol. The zero-order valence-corrected chi connectivity index (χ0v) is 11.0. The van der Waals surface area contributed by atoms with E-state index in [-0.39, 0.29) is 6.10 Å². The minimum absolute atomic E-state index is 0.0113. The Morgan fingerprint density at radius 3 is 2.35 bits per heavy atom. The molecule has 1 unspecified atom stereocenters. The summed E-state index contributed by atoms with van der Waals surface area (Å²) < 4.78 is 5.49. The number of hydrogen-bond donors (Lipinski definition) is 1. The quantitative estimate of drug-likeness (QED) is 0.871. The first kappa shape index (κ1) is 12.3. The van der Waals surface area contributed by atoms with Gasteiger partial charge in [-0.1, -0.05) is 13.8 Å². The summed E-state index contributed by atoms with van der Waals surface area (Å²) in [7, 11) is 1.72. The van der Waals surface area contributed by atoms with Crippen LogP contribution in [0.15, 0.2) is 0 Å². The van der Waals surface area contributed by atoms with Gasteiger partial charge in [-0.2, -0.15) is 0 Å². The van der Waals surface area contributed by atoms with Crippen molar-refractivity contribution in [1.29, 1.82) is 0 Å². The van der Waals surface area contributed by atoms with E-state index in [1.165, 1.54) is 12.8 Å². The molecule has 1 heterocycles. The molecule has 94 valence electrons. The zero-order valence-electron chi connectivity index (χ0n) is 11.0.